The summed E-state index contributed by atoms with van der Waals surface area (Å²) < 4.78 is 0. The molecule has 0 N–H and O–H groups in total. The largest absolute Gasteiger partial charge is 0.0653 e. The van der Waals surface area contributed by atoms with Gasteiger partial charge in [0.25, 0.3) is 0 Å². The van der Waals surface area contributed by atoms with Crippen molar-refractivity contribution in [2.75, 3.05) is 0 Å². The fourth-order valence-corrected chi connectivity index (χ4v) is 2.25. The molecule has 0 nitrogen and oxygen atoms in total. The molecule has 0 aromatic carbocycles. The van der Waals surface area contributed by atoms with Gasteiger partial charge in [-0.05, 0) is 30.8 Å². The highest BCUT2D eigenvalue weighted by Crippen LogP contribution is 2.54. The summed E-state index contributed by atoms with van der Waals surface area (Å²) in [5, 5.41) is 0. The van der Waals surface area contributed by atoms with Crippen LogP contribution in [0, 0.1) is 5.92 Å². The van der Waals surface area contributed by atoms with Crippen LogP contribution in [0.5, 0.6) is 0 Å². The Labute approximate surface area is 48.9 Å². The molecule has 3 rings (SSSR count). The Hall–Kier alpha value is -0.520. The van der Waals surface area contributed by atoms with Gasteiger partial charge >= 0.3 is 0 Å². The van der Waals surface area contributed by atoms with Gasteiger partial charge in [0.2, 0.25) is 0 Å². The topological polar surface area (TPSA) is 0 Å². The zero-order valence-corrected chi connectivity index (χ0v) is 4.78. The van der Waals surface area contributed by atoms with E-state index in [4.69, 9.17) is 0 Å². The molecule has 0 radical (unpaired) electrons. The van der Waals surface area contributed by atoms with Crippen LogP contribution in [0.3, 0.4) is 0 Å². The predicted octanol–water partition coefficient (Wildman–Crippen LogP) is 2.04. The molecule has 3 aliphatic rings. The first kappa shape index (κ1) is 3.49. The van der Waals surface area contributed by atoms with E-state index in [0.29, 0.717) is 0 Å². The summed E-state index contributed by atoms with van der Waals surface area (Å²) in [7, 11) is 0. The third kappa shape index (κ3) is 0.199. The summed E-state index contributed by atoms with van der Waals surface area (Å²) in [6, 6.07) is 0. The minimum Gasteiger partial charge on any atom is -0.0653 e. The normalized spacial score (nSPS) is 38.0. The van der Waals surface area contributed by atoms with E-state index in [1.807, 2.05) is 0 Å². The summed E-state index contributed by atoms with van der Waals surface area (Å²) in [6.07, 6.45) is 6.60. The van der Waals surface area contributed by atoms with Gasteiger partial charge in [0.15, 0.2) is 0 Å². The molecule has 0 aliphatic heterocycles. The van der Waals surface area contributed by atoms with Crippen LogP contribution in [0.1, 0.15) is 19.3 Å². The van der Waals surface area contributed by atoms with Crippen molar-refractivity contribution in [2.24, 2.45) is 5.92 Å². The lowest BCUT2D eigenvalue weighted by Crippen LogP contribution is -2.12. The van der Waals surface area contributed by atoms with Gasteiger partial charge in [-0.1, -0.05) is 17.2 Å². The summed E-state index contributed by atoms with van der Waals surface area (Å²) >= 11 is 0. The zero-order chi connectivity index (χ0) is 5.14. The maximum absolute atomic E-state index is 2.41. The minimum absolute atomic E-state index is 1.03. The molecule has 0 spiro atoms. The molecular weight excluding hydrogens is 96.1 g/mol. The van der Waals surface area contributed by atoms with Crippen LogP contribution in [0.25, 0.3) is 0 Å². The number of fused-ring (bicyclic) bond motifs is 1. The number of hydrogen-bond donors (Lipinski definition) is 0. The first-order valence-electron chi connectivity index (χ1n) is 3.35. The van der Waals surface area contributed by atoms with Crippen LogP contribution in [0.2, 0.25) is 0 Å². The molecule has 2 bridgehead atoms. The molecule has 0 aromatic heterocycles. The van der Waals surface area contributed by atoms with Crippen molar-refractivity contribution in [3.8, 4) is 0 Å². The van der Waals surface area contributed by atoms with Crippen molar-refractivity contribution in [3.63, 3.8) is 0 Å². The Kier molecular flexibility index (Phi) is 0.355. The quantitative estimate of drug-likeness (QED) is 0.441. The molecule has 0 heterocycles. The monoisotopic (exact) mass is 104 g/mol. The molecule has 0 aromatic rings. The molecule has 0 amide bonds. The highest BCUT2D eigenvalue weighted by atomic mass is 14.4. The summed E-state index contributed by atoms with van der Waals surface area (Å²) in [4.78, 5) is 0. The van der Waals surface area contributed by atoms with Crippen LogP contribution in [0.15, 0.2) is 22.8 Å². The first-order chi connectivity index (χ1) is 3.93. The lowest BCUT2D eigenvalue weighted by atomic mass is 9.78. The molecular formula is C8H8. The van der Waals surface area contributed by atoms with Crippen LogP contribution in [-0.4, -0.2) is 0 Å². The second kappa shape index (κ2) is 0.812. The van der Waals surface area contributed by atoms with E-state index in [0.717, 1.165) is 5.92 Å². The fourth-order valence-electron chi connectivity index (χ4n) is 2.25. The highest BCUT2D eigenvalue weighted by molar-refractivity contribution is 5.53. The van der Waals surface area contributed by atoms with Gasteiger partial charge < -0.3 is 0 Å². The van der Waals surface area contributed by atoms with Gasteiger partial charge in [-0.25, -0.2) is 0 Å². The molecule has 1 atom stereocenters. The Morgan fingerprint density at radius 1 is 1.38 bits per heavy atom. The van der Waals surface area contributed by atoms with E-state index in [9.17, 15) is 0 Å². The molecule has 0 heteroatoms. The van der Waals surface area contributed by atoms with Crippen molar-refractivity contribution >= 4 is 0 Å². The van der Waals surface area contributed by atoms with Crippen LogP contribution in [-0.2, 0) is 0 Å². The van der Waals surface area contributed by atoms with Crippen molar-refractivity contribution in [2.45, 2.75) is 19.3 Å². The van der Waals surface area contributed by atoms with Crippen LogP contribution < -0.4 is 0 Å². The summed E-state index contributed by atoms with van der Waals surface area (Å²) in [5.41, 5.74) is 5.20. The third-order valence-corrected chi connectivity index (χ3v) is 2.68. The summed E-state index contributed by atoms with van der Waals surface area (Å²) in [5.74, 6) is 1.03. The first-order valence-corrected chi connectivity index (χ1v) is 3.35. The minimum atomic E-state index is 1.03. The molecule has 8 heavy (non-hydrogen) atoms. The molecule has 1 unspecified atom stereocenters. The maximum atomic E-state index is 2.41. The van der Waals surface area contributed by atoms with Gasteiger partial charge in [0.1, 0.15) is 0 Å². The standard InChI is InChI=1S/C8H8/c1-5-2-7-4-6(1)8(7)3-5/h1,7H,2-4H2. The van der Waals surface area contributed by atoms with E-state index in [1.165, 1.54) is 19.3 Å². The molecule has 0 saturated heterocycles. The van der Waals surface area contributed by atoms with Crippen LogP contribution >= 0.6 is 0 Å². The van der Waals surface area contributed by atoms with Crippen LogP contribution in [0.4, 0.5) is 0 Å². The predicted molar refractivity (Wildman–Crippen MR) is 32.4 cm³/mol. The van der Waals surface area contributed by atoms with Gasteiger partial charge in [-0.3, -0.25) is 0 Å². The van der Waals surface area contributed by atoms with Gasteiger partial charge in [-0.15, -0.1) is 0 Å². The fraction of sp³-hybridized carbons (Fsp3) is 0.500. The number of rotatable bonds is 0. The Morgan fingerprint density at radius 3 is 2.62 bits per heavy atom. The third-order valence-electron chi connectivity index (χ3n) is 2.68. The second-order valence-corrected chi connectivity index (χ2v) is 3.14. The van der Waals surface area contributed by atoms with Gasteiger partial charge in [0.05, 0.1) is 0 Å². The van der Waals surface area contributed by atoms with Crippen molar-refractivity contribution in [3.05, 3.63) is 22.8 Å². The Balaban J connectivity index is 2.35. The summed E-state index contributed by atoms with van der Waals surface area (Å²) in [6.45, 7) is 0. The molecule has 3 aliphatic carbocycles. The molecule has 1 fully saturated rings. The Morgan fingerprint density at radius 2 is 2.38 bits per heavy atom. The van der Waals surface area contributed by atoms with E-state index < -0.39 is 0 Å². The lowest BCUT2D eigenvalue weighted by Gasteiger charge is -2.26. The SMILES string of the molecule is C1=C2CC3=C1CC3C2. The average Bonchev–Trinajstić information content (AvgIpc) is 2.23. The lowest BCUT2D eigenvalue weighted by molar-refractivity contribution is 0.570. The highest BCUT2D eigenvalue weighted by Gasteiger charge is 2.39. The van der Waals surface area contributed by atoms with Crippen molar-refractivity contribution in [1.82, 2.24) is 0 Å². The van der Waals surface area contributed by atoms with Gasteiger partial charge in [-0.2, -0.15) is 0 Å². The number of allylic oxidation sites excluding steroid dienone is 4. The van der Waals surface area contributed by atoms with Crippen molar-refractivity contribution < 1.29 is 0 Å². The van der Waals surface area contributed by atoms with Crippen molar-refractivity contribution in [1.29, 1.82) is 0 Å². The Bertz CT molecular complexity index is 218. The smallest absolute Gasteiger partial charge is 0.00962 e. The van der Waals surface area contributed by atoms with Gasteiger partial charge in [0, 0.05) is 0 Å². The molecule has 1 saturated carbocycles. The van der Waals surface area contributed by atoms with E-state index in [2.05, 4.69) is 6.08 Å². The maximum Gasteiger partial charge on any atom is -0.00962 e. The second-order valence-electron chi connectivity index (χ2n) is 3.14. The average molecular weight is 104 g/mol. The van der Waals surface area contributed by atoms with E-state index in [1.54, 1.807) is 16.7 Å². The van der Waals surface area contributed by atoms with E-state index >= 15 is 0 Å². The zero-order valence-electron chi connectivity index (χ0n) is 4.78. The number of hydrogen-bond acceptors (Lipinski definition) is 0. The van der Waals surface area contributed by atoms with E-state index in [-0.39, 0.29) is 0 Å². The molecule has 40 valence electrons.